The molecule has 0 amide bonds. The minimum absolute atomic E-state index is 0.0552. The Kier molecular flexibility index (Phi) is 2.28. The lowest BCUT2D eigenvalue weighted by molar-refractivity contribution is 0.402. The van der Waals surface area contributed by atoms with Crippen LogP contribution < -0.4 is 5.73 Å². The van der Waals surface area contributed by atoms with Gasteiger partial charge in [-0.1, -0.05) is 0 Å². The predicted molar refractivity (Wildman–Crippen MR) is 59.1 cm³/mol. The number of aromatic hydroxyl groups is 2. The van der Waals surface area contributed by atoms with E-state index in [0.717, 1.165) is 22.9 Å². The number of fused-ring (bicyclic) bond motifs is 1. The number of hydrogen-bond acceptors (Lipinski definition) is 3. The van der Waals surface area contributed by atoms with Crippen molar-refractivity contribution < 1.29 is 10.2 Å². The molecule has 0 bridgehead atoms. The van der Waals surface area contributed by atoms with Crippen LogP contribution in [0.4, 0.5) is 0 Å². The first-order chi connectivity index (χ1) is 7.15. The summed E-state index contributed by atoms with van der Waals surface area (Å²) in [5.41, 5.74) is 8.09. The molecule has 4 heteroatoms. The van der Waals surface area contributed by atoms with Crippen molar-refractivity contribution >= 4 is 10.9 Å². The fourth-order valence-electron chi connectivity index (χ4n) is 1.91. The third kappa shape index (κ3) is 1.43. The molecular formula is C11H14N2O2. The van der Waals surface area contributed by atoms with E-state index in [9.17, 15) is 10.2 Å². The number of hydrogen-bond donors (Lipinski definition) is 4. The number of aromatic nitrogens is 1. The lowest BCUT2D eigenvalue weighted by Gasteiger charge is -2.05. The number of rotatable bonds is 2. The Balaban J connectivity index is 2.74. The molecule has 1 heterocycles. The van der Waals surface area contributed by atoms with Gasteiger partial charge in [-0.25, -0.2) is 0 Å². The topological polar surface area (TPSA) is 82.3 Å². The molecule has 0 fully saturated rings. The van der Waals surface area contributed by atoms with E-state index in [4.69, 9.17) is 5.73 Å². The summed E-state index contributed by atoms with van der Waals surface area (Å²) in [7, 11) is 0. The van der Waals surface area contributed by atoms with E-state index in [0.29, 0.717) is 12.1 Å². The van der Waals surface area contributed by atoms with Crippen molar-refractivity contribution in [3.05, 3.63) is 23.4 Å². The molecule has 1 aromatic carbocycles. The van der Waals surface area contributed by atoms with E-state index in [1.165, 1.54) is 6.07 Å². The Morgan fingerprint density at radius 2 is 2.13 bits per heavy atom. The second-order valence-electron chi connectivity index (χ2n) is 3.64. The number of nitrogens with two attached hydrogens (primary N) is 1. The van der Waals surface area contributed by atoms with Crippen LogP contribution in [0, 0.1) is 6.92 Å². The van der Waals surface area contributed by atoms with Gasteiger partial charge in [-0.3, -0.25) is 0 Å². The van der Waals surface area contributed by atoms with Crippen molar-refractivity contribution in [1.29, 1.82) is 0 Å². The van der Waals surface area contributed by atoms with Crippen LogP contribution >= 0.6 is 0 Å². The number of benzene rings is 1. The van der Waals surface area contributed by atoms with Gasteiger partial charge in [0.05, 0.1) is 0 Å². The molecule has 0 aliphatic carbocycles. The van der Waals surface area contributed by atoms with Crippen LogP contribution in [0.3, 0.4) is 0 Å². The fourth-order valence-corrected chi connectivity index (χ4v) is 1.91. The minimum Gasteiger partial charge on any atom is -0.504 e. The highest BCUT2D eigenvalue weighted by atomic mass is 16.3. The van der Waals surface area contributed by atoms with Crippen molar-refractivity contribution in [1.82, 2.24) is 4.98 Å². The summed E-state index contributed by atoms with van der Waals surface area (Å²) in [4.78, 5) is 3.06. The average molecular weight is 206 g/mol. The zero-order valence-corrected chi connectivity index (χ0v) is 8.54. The molecule has 0 saturated heterocycles. The largest absolute Gasteiger partial charge is 0.504 e. The molecule has 0 spiro atoms. The number of phenolic OH excluding ortho intramolecular Hbond substituents is 2. The normalized spacial score (nSPS) is 11.1. The second-order valence-corrected chi connectivity index (χ2v) is 3.64. The van der Waals surface area contributed by atoms with Crippen molar-refractivity contribution in [3.63, 3.8) is 0 Å². The zero-order chi connectivity index (χ0) is 11.0. The van der Waals surface area contributed by atoms with E-state index in [2.05, 4.69) is 4.98 Å². The molecule has 80 valence electrons. The van der Waals surface area contributed by atoms with Gasteiger partial charge in [0.15, 0.2) is 11.5 Å². The summed E-state index contributed by atoms with van der Waals surface area (Å²) in [5.74, 6) is -0.151. The number of aryl methyl sites for hydroxylation is 1. The molecule has 0 radical (unpaired) electrons. The van der Waals surface area contributed by atoms with Gasteiger partial charge < -0.3 is 20.9 Å². The Hall–Kier alpha value is -1.68. The molecule has 0 aliphatic rings. The van der Waals surface area contributed by atoms with E-state index >= 15 is 0 Å². The summed E-state index contributed by atoms with van der Waals surface area (Å²) in [6.07, 6.45) is 2.62. The van der Waals surface area contributed by atoms with Crippen LogP contribution in [0.2, 0.25) is 0 Å². The highest BCUT2D eigenvalue weighted by molar-refractivity contribution is 5.90. The third-order valence-corrected chi connectivity index (χ3v) is 2.66. The second kappa shape index (κ2) is 3.47. The van der Waals surface area contributed by atoms with Crippen LogP contribution in [0.1, 0.15) is 11.1 Å². The number of H-pyrrole nitrogens is 1. The Morgan fingerprint density at radius 3 is 2.80 bits per heavy atom. The quantitative estimate of drug-likeness (QED) is 0.560. The fraction of sp³-hybridized carbons (Fsp3) is 0.273. The smallest absolute Gasteiger partial charge is 0.161 e. The maximum absolute atomic E-state index is 9.62. The van der Waals surface area contributed by atoms with Crippen LogP contribution in [0.5, 0.6) is 11.5 Å². The van der Waals surface area contributed by atoms with Gasteiger partial charge in [-0.05, 0) is 25.5 Å². The maximum Gasteiger partial charge on any atom is 0.161 e. The van der Waals surface area contributed by atoms with E-state index in [1.807, 2.05) is 6.20 Å². The van der Waals surface area contributed by atoms with Gasteiger partial charge >= 0.3 is 0 Å². The monoisotopic (exact) mass is 206 g/mol. The van der Waals surface area contributed by atoms with Crippen molar-refractivity contribution in [3.8, 4) is 11.5 Å². The highest BCUT2D eigenvalue weighted by Crippen LogP contribution is 2.36. The summed E-state index contributed by atoms with van der Waals surface area (Å²) in [5, 5.41) is 20.0. The highest BCUT2D eigenvalue weighted by Gasteiger charge is 2.12. The Morgan fingerprint density at radius 1 is 1.40 bits per heavy atom. The molecule has 1 aromatic heterocycles. The van der Waals surface area contributed by atoms with Gasteiger partial charge in [0.25, 0.3) is 0 Å². The third-order valence-electron chi connectivity index (χ3n) is 2.66. The zero-order valence-electron chi connectivity index (χ0n) is 8.54. The molecule has 15 heavy (non-hydrogen) atoms. The molecular weight excluding hydrogens is 192 g/mol. The lowest BCUT2D eigenvalue weighted by atomic mass is 10.0. The molecule has 0 aliphatic heterocycles. The molecule has 2 rings (SSSR count). The SMILES string of the molecule is Cc1c(O)c(O)cc2[nH]cc(CCN)c12. The first-order valence-corrected chi connectivity index (χ1v) is 4.86. The number of phenols is 2. The van der Waals surface area contributed by atoms with Crippen molar-refractivity contribution in [2.24, 2.45) is 5.73 Å². The maximum atomic E-state index is 9.62. The lowest BCUT2D eigenvalue weighted by Crippen LogP contribution is -2.02. The molecule has 0 atom stereocenters. The van der Waals surface area contributed by atoms with E-state index < -0.39 is 0 Å². The Labute approximate surface area is 87.3 Å². The van der Waals surface area contributed by atoms with Crippen LogP contribution in [0.15, 0.2) is 12.3 Å². The summed E-state index contributed by atoms with van der Waals surface area (Å²) >= 11 is 0. The molecule has 0 unspecified atom stereocenters. The molecule has 4 nitrogen and oxygen atoms in total. The van der Waals surface area contributed by atoms with Crippen LogP contribution in [-0.4, -0.2) is 21.7 Å². The summed E-state index contributed by atoms with van der Waals surface area (Å²) < 4.78 is 0. The van der Waals surface area contributed by atoms with E-state index in [-0.39, 0.29) is 11.5 Å². The Bertz CT molecular complexity index is 503. The number of nitrogens with one attached hydrogen (secondary N) is 1. The van der Waals surface area contributed by atoms with Gasteiger partial charge in [0, 0.05) is 28.7 Å². The molecule has 0 saturated carbocycles. The van der Waals surface area contributed by atoms with Crippen LogP contribution in [-0.2, 0) is 6.42 Å². The minimum atomic E-state index is -0.0962. The first-order valence-electron chi connectivity index (χ1n) is 4.86. The van der Waals surface area contributed by atoms with Gasteiger partial charge in [0.1, 0.15) is 0 Å². The van der Waals surface area contributed by atoms with Gasteiger partial charge in [-0.2, -0.15) is 0 Å². The van der Waals surface area contributed by atoms with Crippen molar-refractivity contribution in [2.75, 3.05) is 6.54 Å². The van der Waals surface area contributed by atoms with Crippen molar-refractivity contribution in [2.45, 2.75) is 13.3 Å². The van der Waals surface area contributed by atoms with Crippen LogP contribution in [0.25, 0.3) is 10.9 Å². The van der Waals surface area contributed by atoms with E-state index in [1.54, 1.807) is 6.92 Å². The average Bonchev–Trinajstić information content (AvgIpc) is 2.59. The summed E-state index contributed by atoms with van der Waals surface area (Å²) in [6, 6.07) is 1.53. The van der Waals surface area contributed by atoms with Gasteiger partial charge in [-0.15, -0.1) is 0 Å². The number of aromatic amines is 1. The molecule has 2 aromatic rings. The summed E-state index contributed by atoms with van der Waals surface area (Å²) in [6.45, 7) is 2.35. The van der Waals surface area contributed by atoms with Gasteiger partial charge in [0.2, 0.25) is 0 Å². The standard InChI is InChI=1S/C11H14N2O2/c1-6-10-7(2-3-12)5-13-8(10)4-9(14)11(6)15/h4-5,13-15H,2-3,12H2,1H3. The molecule has 5 N–H and O–H groups in total. The predicted octanol–water partition coefficient (Wildman–Crippen LogP) is 1.39. The first kappa shape index (κ1) is 9.86.